The zero-order valence-electron chi connectivity index (χ0n) is 10.5. The largest absolute Gasteiger partial charge is 0.497 e. The third-order valence-electron chi connectivity index (χ3n) is 3.53. The van der Waals surface area contributed by atoms with E-state index in [2.05, 4.69) is 5.32 Å². The standard InChI is InChI=1S/C14H21NO2/c1-10(15-12-4-3-5-12)14(16)11-6-8-13(17-2)9-7-11/h6-10,12,14-16H,3-5H2,1-2H3. The molecule has 0 aromatic heterocycles. The zero-order chi connectivity index (χ0) is 12.3. The van der Waals surface area contributed by atoms with Gasteiger partial charge in [-0.15, -0.1) is 0 Å². The summed E-state index contributed by atoms with van der Waals surface area (Å²) in [6.07, 6.45) is 3.32. The molecule has 0 saturated heterocycles. The highest BCUT2D eigenvalue weighted by Gasteiger charge is 2.23. The van der Waals surface area contributed by atoms with Gasteiger partial charge < -0.3 is 15.2 Å². The predicted molar refractivity (Wildman–Crippen MR) is 68.2 cm³/mol. The van der Waals surface area contributed by atoms with Crippen LogP contribution in [0, 0.1) is 0 Å². The molecular weight excluding hydrogens is 214 g/mol. The molecule has 94 valence electrons. The fourth-order valence-electron chi connectivity index (χ4n) is 2.13. The minimum Gasteiger partial charge on any atom is -0.497 e. The number of methoxy groups -OCH3 is 1. The molecule has 3 heteroatoms. The maximum absolute atomic E-state index is 10.2. The topological polar surface area (TPSA) is 41.5 Å². The van der Waals surface area contributed by atoms with E-state index in [0.29, 0.717) is 6.04 Å². The van der Waals surface area contributed by atoms with Crippen molar-refractivity contribution in [1.82, 2.24) is 5.32 Å². The first-order chi connectivity index (χ1) is 8.20. The number of aliphatic hydroxyl groups excluding tert-OH is 1. The van der Waals surface area contributed by atoms with Gasteiger partial charge in [0.05, 0.1) is 13.2 Å². The van der Waals surface area contributed by atoms with E-state index in [-0.39, 0.29) is 6.04 Å². The molecule has 1 saturated carbocycles. The normalized spacial score (nSPS) is 19.5. The Kier molecular flexibility index (Phi) is 4.02. The fraction of sp³-hybridized carbons (Fsp3) is 0.571. The summed E-state index contributed by atoms with van der Waals surface area (Å²) in [5, 5.41) is 13.7. The van der Waals surface area contributed by atoms with E-state index in [9.17, 15) is 5.11 Å². The Balaban J connectivity index is 1.94. The van der Waals surface area contributed by atoms with Gasteiger partial charge in [-0.2, -0.15) is 0 Å². The summed E-state index contributed by atoms with van der Waals surface area (Å²) in [6.45, 7) is 2.03. The zero-order valence-corrected chi connectivity index (χ0v) is 10.5. The molecule has 0 spiro atoms. The van der Waals surface area contributed by atoms with E-state index in [1.807, 2.05) is 31.2 Å². The van der Waals surface area contributed by atoms with Crippen LogP contribution in [-0.4, -0.2) is 24.3 Å². The van der Waals surface area contributed by atoms with Crippen LogP contribution >= 0.6 is 0 Å². The molecule has 1 aromatic rings. The minimum atomic E-state index is -0.457. The Morgan fingerprint density at radius 3 is 2.41 bits per heavy atom. The number of benzene rings is 1. The SMILES string of the molecule is COc1ccc(C(O)C(C)NC2CCC2)cc1. The number of aliphatic hydroxyl groups is 1. The van der Waals surface area contributed by atoms with Crippen molar-refractivity contribution in [2.75, 3.05) is 7.11 Å². The highest BCUT2D eigenvalue weighted by atomic mass is 16.5. The van der Waals surface area contributed by atoms with Crippen molar-refractivity contribution >= 4 is 0 Å². The van der Waals surface area contributed by atoms with Crippen LogP contribution in [0.25, 0.3) is 0 Å². The third kappa shape index (κ3) is 2.99. The van der Waals surface area contributed by atoms with Gasteiger partial charge in [-0.05, 0) is 37.5 Å². The molecule has 1 aromatic carbocycles. The van der Waals surface area contributed by atoms with Crippen molar-refractivity contribution in [3.05, 3.63) is 29.8 Å². The Bertz CT molecular complexity index is 346. The molecule has 2 rings (SSSR count). The van der Waals surface area contributed by atoms with E-state index in [4.69, 9.17) is 4.74 Å². The van der Waals surface area contributed by atoms with Gasteiger partial charge in [0.25, 0.3) is 0 Å². The first kappa shape index (κ1) is 12.4. The predicted octanol–water partition coefficient (Wildman–Crippen LogP) is 2.26. The first-order valence-electron chi connectivity index (χ1n) is 6.29. The van der Waals surface area contributed by atoms with Gasteiger partial charge >= 0.3 is 0 Å². The van der Waals surface area contributed by atoms with E-state index >= 15 is 0 Å². The van der Waals surface area contributed by atoms with Crippen LogP contribution < -0.4 is 10.1 Å². The van der Waals surface area contributed by atoms with Gasteiger partial charge in [0.1, 0.15) is 5.75 Å². The quantitative estimate of drug-likeness (QED) is 0.822. The van der Waals surface area contributed by atoms with Crippen LogP contribution in [0.5, 0.6) is 5.75 Å². The summed E-state index contributed by atoms with van der Waals surface area (Å²) in [7, 11) is 1.65. The summed E-state index contributed by atoms with van der Waals surface area (Å²) >= 11 is 0. The lowest BCUT2D eigenvalue weighted by atomic mass is 9.91. The number of hydrogen-bond acceptors (Lipinski definition) is 3. The van der Waals surface area contributed by atoms with E-state index in [0.717, 1.165) is 11.3 Å². The van der Waals surface area contributed by atoms with E-state index < -0.39 is 6.10 Å². The Hall–Kier alpha value is -1.06. The van der Waals surface area contributed by atoms with Crippen LogP contribution in [0.4, 0.5) is 0 Å². The van der Waals surface area contributed by atoms with Gasteiger partial charge in [-0.3, -0.25) is 0 Å². The van der Waals surface area contributed by atoms with Crippen molar-refractivity contribution in [2.24, 2.45) is 0 Å². The summed E-state index contributed by atoms with van der Waals surface area (Å²) < 4.78 is 5.10. The summed E-state index contributed by atoms with van der Waals surface area (Å²) in [5.41, 5.74) is 0.935. The monoisotopic (exact) mass is 235 g/mol. The number of rotatable bonds is 5. The lowest BCUT2D eigenvalue weighted by Crippen LogP contribution is -2.43. The van der Waals surface area contributed by atoms with Gasteiger partial charge in [0.2, 0.25) is 0 Å². The second-order valence-electron chi connectivity index (χ2n) is 4.80. The second-order valence-corrected chi connectivity index (χ2v) is 4.80. The van der Waals surface area contributed by atoms with Crippen LogP contribution in [0.2, 0.25) is 0 Å². The smallest absolute Gasteiger partial charge is 0.118 e. The molecule has 0 bridgehead atoms. The average molecular weight is 235 g/mol. The Morgan fingerprint density at radius 1 is 1.29 bits per heavy atom. The molecule has 2 atom stereocenters. The van der Waals surface area contributed by atoms with Crippen molar-refractivity contribution in [2.45, 2.75) is 44.4 Å². The molecule has 2 N–H and O–H groups in total. The highest BCUT2D eigenvalue weighted by molar-refractivity contribution is 5.29. The number of hydrogen-bond donors (Lipinski definition) is 2. The Morgan fingerprint density at radius 2 is 1.94 bits per heavy atom. The van der Waals surface area contributed by atoms with Gasteiger partial charge in [0, 0.05) is 12.1 Å². The molecule has 0 amide bonds. The average Bonchev–Trinajstić information content (AvgIpc) is 2.32. The molecule has 1 aliphatic rings. The van der Waals surface area contributed by atoms with Crippen LogP contribution in [0.15, 0.2) is 24.3 Å². The fourth-order valence-corrected chi connectivity index (χ4v) is 2.13. The summed E-state index contributed by atoms with van der Waals surface area (Å²) in [4.78, 5) is 0. The summed E-state index contributed by atoms with van der Waals surface area (Å²) in [5.74, 6) is 0.820. The van der Waals surface area contributed by atoms with Crippen molar-refractivity contribution < 1.29 is 9.84 Å². The molecule has 0 heterocycles. The maximum Gasteiger partial charge on any atom is 0.118 e. The van der Waals surface area contributed by atoms with Gasteiger partial charge in [-0.1, -0.05) is 18.6 Å². The molecule has 0 aliphatic heterocycles. The van der Waals surface area contributed by atoms with Gasteiger partial charge in [-0.25, -0.2) is 0 Å². The van der Waals surface area contributed by atoms with E-state index in [1.165, 1.54) is 19.3 Å². The van der Waals surface area contributed by atoms with Crippen LogP contribution in [0.1, 0.15) is 37.9 Å². The molecule has 17 heavy (non-hydrogen) atoms. The molecular formula is C14H21NO2. The molecule has 0 radical (unpaired) electrons. The molecule has 3 nitrogen and oxygen atoms in total. The maximum atomic E-state index is 10.2. The molecule has 2 unspecified atom stereocenters. The van der Waals surface area contributed by atoms with E-state index in [1.54, 1.807) is 7.11 Å². The first-order valence-corrected chi connectivity index (χ1v) is 6.29. The van der Waals surface area contributed by atoms with Gasteiger partial charge in [0.15, 0.2) is 0 Å². The number of ether oxygens (including phenoxy) is 1. The van der Waals surface area contributed by atoms with Crippen molar-refractivity contribution in [1.29, 1.82) is 0 Å². The third-order valence-corrected chi connectivity index (χ3v) is 3.53. The van der Waals surface area contributed by atoms with Crippen molar-refractivity contribution in [3.8, 4) is 5.75 Å². The second kappa shape index (κ2) is 5.52. The highest BCUT2D eigenvalue weighted by Crippen LogP contribution is 2.24. The Labute approximate surface area is 103 Å². The number of nitrogens with one attached hydrogen (secondary N) is 1. The summed E-state index contributed by atoms with van der Waals surface area (Å²) in [6, 6.07) is 8.29. The lowest BCUT2D eigenvalue weighted by molar-refractivity contribution is 0.120. The minimum absolute atomic E-state index is 0.0914. The van der Waals surface area contributed by atoms with Crippen LogP contribution in [0.3, 0.4) is 0 Å². The van der Waals surface area contributed by atoms with Crippen molar-refractivity contribution in [3.63, 3.8) is 0 Å². The molecule has 1 fully saturated rings. The molecule has 1 aliphatic carbocycles. The lowest BCUT2D eigenvalue weighted by Gasteiger charge is -2.32. The van der Waals surface area contributed by atoms with Crippen LogP contribution in [-0.2, 0) is 0 Å².